The van der Waals surface area contributed by atoms with Crippen molar-refractivity contribution in [3.63, 3.8) is 0 Å². The van der Waals surface area contributed by atoms with Gasteiger partial charge in [-0.1, -0.05) is 36.4 Å². The number of sulfonamides is 1. The number of fused-ring (bicyclic) bond motifs is 1. The summed E-state index contributed by atoms with van der Waals surface area (Å²) >= 11 is 1.57. The molecule has 0 bridgehead atoms. The summed E-state index contributed by atoms with van der Waals surface area (Å²) in [5.41, 5.74) is 0. The second kappa shape index (κ2) is 10.7. The van der Waals surface area contributed by atoms with Crippen LogP contribution in [-0.4, -0.2) is 55.6 Å². The number of hydrogen-bond acceptors (Lipinski definition) is 5. The first kappa shape index (κ1) is 24.4. The van der Waals surface area contributed by atoms with Crippen LogP contribution in [0.1, 0.15) is 24.6 Å². The summed E-state index contributed by atoms with van der Waals surface area (Å²) in [5.74, 6) is -0.565. The van der Waals surface area contributed by atoms with Gasteiger partial charge in [0, 0.05) is 30.4 Å². The number of nitrogens with one attached hydrogen (secondary N) is 1. The van der Waals surface area contributed by atoms with Gasteiger partial charge < -0.3 is 10.2 Å². The van der Waals surface area contributed by atoms with E-state index >= 15 is 0 Å². The van der Waals surface area contributed by atoms with Crippen molar-refractivity contribution < 1.29 is 18.0 Å². The Morgan fingerprint density at radius 3 is 2.47 bits per heavy atom. The van der Waals surface area contributed by atoms with E-state index in [2.05, 4.69) is 5.32 Å². The van der Waals surface area contributed by atoms with Gasteiger partial charge in [0.1, 0.15) is 0 Å². The zero-order valence-electron chi connectivity index (χ0n) is 19.1. The summed E-state index contributed by atoms with van der Waals surface area (Å²) in [6.07, 6.45) is 0.887. The Bertz CT molecular complexity index is 1250. The monoisotopic (exact) mass is 499 g/mol. The number of piperidine rings is 1. The third kappa shape index (κ3) is 5.48. The van der Waals surface area contributed by atoms with Crippen molar-refractivity contribution in [3.8, 4) is 0 Å². The van der Waals surface area contributed by atoms with Crippen molar-refractivity contribution in [2.24, 2.45) is 5.92 Å². The van der Waals surface area contributed by atoms with Crippen molar-refractivity contribution in [3.05, 3.63) is 64.9 Å². The smallest absolute Gasteiger partial charge is 0.243 e. The molecule has 9 heteroatoms. The third-order valence-corrected chi connectivity index (χ3v) is 9.00. The lowest BCUT2D eigenvalue weighted by Crippen LogP contribution is -2.47. The van der Waals surface area contributed by atoms with Crippen LogP contribution in [0.3, 0.4) is 0 Å². The Kier molecular flexibility index (Phi) is 7.65. The van der Waals surface area contributed by atoms with Gasteiger partial charge in [-0.25, -0.2) is 8.42 Å². The molecule has 0 aliphatic carbocycles. The van der Waals surface area contributed by atoms with Crippen LogP contribution in [0.25, 0.3) is 10.8 Å². The fourth-order valence-corrected chi connectivity index (χ4v) is 6.40. The highest BCUT2D eigenvalue weighted by atomic mass is 32.2. The van der Waals surface area contributed by atoms with E-state index in [0.29, 0.717) is 25.9 Å². The molecular formula is C25H29N3O4S2. The van der Waals surface area contributed by atoms with E-state index in [9.17, 15) is 18.0 Å². The number of carbonyl (C=O) groups is 2. The molecule has 2 amide bonds. The molecule has 34 heavy (non-hydrogen) atoms. The van der Waals surface area contributed by atoms with Crippen LogP contribution in [-0.2, 0) is 26.2 Å². The number of nitrogens with zero attached hydrogens (tertiary/aromatic N) is 2. The summed E-state index contributed by atoms with van der Waals surface area (Å²) in [6, 6.07) is 16.7. The Morgan fingerprint density at radius 2 is 1.79 bits per heavy atom. The van der Waals surface area contributed by atoms with Gasteiger partial charge in [0.05, 0.1) is 18.0 Å². The fraction of sp³-hybridized carbons (Fsp3) is 0.360. The molecule has 4 rings (SSSR count). The minimum atomic E-state index is -3.63. The first-order valence-corrected chi connectivity index (χ1v) is 13.8. The first-order chi connectivity index (χ1) is 16.4. The maximum absolute atomic E-state index is 13.2. The van der Waals surface area contributed by atoms with Crippen LogP contribution in [0.5, 0.6) is 0 Å². The first-order valence-electron chi connectivity index (χ1n) is 11.5. The molecule has 2 heterocycles. The van der Waals surface area contributed by atoms with Gasteiger partial charge in [-0.05, 0) is 54.1 Å². The Balaban J connectivity index is 1.34. The number of likely N-dealkylation sites (N-methyl/N-ethyl adjacent to an activating group) is 1. The van der Waals surface area contributed by atoms with Crippen LogP contribution < -0.4 is 5.32 Å². The molecule has 0 spiro atoms. The highest BCUT2D eigenvalue weighted by Gasteiger charge is 2.34. The third-order valence-electron chi connectivity index (χ3n) is 6.23. The maximum atomic E-state index is 13.2. The standard InChI is InChI=1S/C25H29N3O4S2/c1-2-27(18-24(29)26-17-22-8-5-15-33-22)25(30)20-11-13-28(14-12-20)34(31,32)23-10-9-19-6-3-4-7-21(19)16-23/h3-10,15-16,20H,2,11-14,17-18H2,1H3,(H,26,29). The zero-order valence-corrected chi connectivity index (χ0v) is 20.8. The van der Waals surface area contributed by atoms with Crippen molar-refractivity contribution in [2.75, 3.05) is 26.2 Å². The molecule has 7 nitrogen and oxygen atoms in total. The quantitative estimate of drug-likeness (QED) is 0.514. The van der Waals surface area contributed by atoms with Gasteiger partial charge in [-0.15, -0.1) is 11.3 Å². The van der Waals surface area contributed by atoms with E-state index in [1.54, 1.807) is 28.4 Å². The predicted octanol–water partition coefficient (Wildman–Crippen LogP) is 3.47. The van der Waals surface area contributed by atoms with Crippen LogP contribution >= 0.6 is 11.3 Å². The SMILES string of the molecule is CCN(CC(=O)NCc1cccs1)C(=O)C1CCN(S(=O)(=O)c2ccc3ccccc3c2)CC1. The molecule has 0 radical (unpaired) electrons. The fourth-order valence-electron chi connectivity index (χ4n) is 4.25. The topological polar surface area (TPSA) is 86.8 Å². The number of amides is 2. The average Bonchev–Trinajstić information content (AvgIpc) is 3.39. The number of hydrogen-bond donors (Lipinski definition) is 1. The molecule has 3 aromatic rings. The van der Waals surface area contributed by atoms with Crippen molar-refractivity contribution in [1.29, 1.82) is 0 Å². The van der Waals surface area contributed by atoms with Gasteiger partial charge in [0.15, 0.2) is 0 Å². The van der Waals surface area contributed by atoms with Gasteiger partial charge in [-0.2, -0.15) is 4.31 Å². The van der Waals surface area contributed by atoms with Crippen molar-refractivity contribution >= 4 is 43.9 Å². The molecule has 0 atom stereocenters. The summed E-state index contributed by atoms with van der Waals surface area (Å²) in [4.78, 5) is 28.3. The molecule has 1 aliphatic heterocycles. The van der Waals surface area contributed by atoms with E-state index in [-0.39, 0.29) is 42.3 Å². The normalized spacial score (nSPS) is 15.3. The van der Waals surface area contributed by atoms with Crippen LogP contribution in [0, 0.1) is 5.92 Å². The van der Waals surface area contributed by atoms with Gasteiger partial charge in [-0.3, -0.25) is 9.59 Å². The van der Waals surface area contributed by atoms with Gasteiger partial charge >= 0.3 is 0 Å². The van der Waals surface area contributed by atoms with Crippen molar-refractivity contribution in [2.45, 2.75) is 31.2 Å². The van der Waals surface area contributed by atoms with Crippen molar-refractivity contribution in [1.82, 2.24) is 14.5 Å². The minimum absolute atomic E-state index is 0.0102. The summed E-state index contributed by atoms with van der Waals surface area (Å²) in [6.45, 7) is 3.32. The van der Waals surface area contributed by atoms with E-state index in [1.807, 2.05) is 54.8 Å². The van der Waals surface area contributed by atoms with E-state index < -0.39 is 10.0 Å². The molecule has 1 N–H and O–H groups in total. The second-order valence-corrected chi connectivity index (χ2v) is 11.4. The largest absolute Gasteiger partial charge is 0.350 e. The molecule has 0 saturated carbocycles. The Morgan fingerprint density at radius 1 is 1.06 bits per heavy atom. The van der Waals surface area contributed by atoms with Gasteiger partial charge in [0.25, 0.3) is 0 Å². The molecule has 1 saturated heterocycles. The number of benzene rings is 2. The lowest BCUT2D eigenvalue weighted by molar-refractivity contribution is -0.140. The zero-order chi connectivity index (χ0) is 24.1. The molecular weight excluding hydrogens is 470 g/mol. The average molecular weight is 500 g/mol. The molecule has 1 fully saturated rings. The summed E-state index contributed by atoms with van der Waals surface area (Å²) in [5, 5.41) is 6.68. The molecule has 0 unspecified atom stereocenters. The minimum Gasteiger partial charge on any atom is -0.350 e. The number of carbonyl (C=O) groups excluding carboxylic acids is 2. The maximum Gasteiger partial charge on any atom is 0.243 e. The highest BCUT2D eigenvalue weighted by molar-refractivity contribution is 7.89. The summed E-state index contributed by atoms with van der Waals surface area (Å²) < 4.78 is 27.8. The molecule has 180 valence electrons. The van der Waals surface area contributed by atoms with Crippen LogP contribution in [0.2, 0.25) is 0 Å². The molecule has 1 aliphatic rings. The lowest BCUT2D eigenvalue weighted by Gasteiger charge is -2.33. The molecule has 1 aromatic heterocycles. The lowest BCUT2D eigenvalue weighted by atomic mass is 9.96. The van der Waals surface area contributed by atoms with Crippen LogP contribution in [0.4, 0.5) is 0 Å². The number of thiophene rings is 1. The van der Waals surface area contributed by atoms with Crippen LogP contribution in [0.15, 0.2) is 64.9 Å². The Labute approximate surface area is 204 Å². The predicted molar refractivity (Wildman–Crippen MR) is 134 cm³/mol. The van der Waals surface area contributed by atoms with E-state index in [1.165, 1.54) is 4.31 Å². The van der Waals surface area contributed by atoms with Gasteiger partial charge in [0.2, 0.25) is 21.8 Å². The Hall–Kier alpha value is -2.75. The second-order valence-electron chi connectivity index (χ2n) is 8.40. The van der Waals surface area contributed by atoms with E-state index in [0.717, 1.165) is 15.6 Å². The highest BCUT2D eigenvalue weighted by Crippen LogP contribution is 2.27. The number of rotatable bonds is 8. The van der Waals surface area contributed by atoms with E-state index in [4.69, 9.17) is 0 Å². The summed E-state index contributed by atoms with van der Waals surface area (Å²) in [7, 11) is -3.63. The molecule has 2 aromatic carbocycles.